The maximum Gasteiger partial charge on any atom is 0.344 e. The largest absolute Gasteiger partial charge is 0.482 e. The molecule has 7 nitrogen and oxygen atoms in total. The maximum absolute atomic E-state index is 11.9. The molecule has 0 aromatic heterocycles. The van der Waals surface area contributed by atoms with E-state index in [0.29, 0.717) is 11.7 Å². The number of rotatable bonds is 6. The van der Waals surface area contributed by atoms with Crippen molar-refractivity contribution in [3.05, 3.63) is 29.3 Å². The Morgan fingerprint density at radius 2 is 1.74 bits per heavy atom. The Labute approximate surface area is 160 Å². The summed E-state index contributed by atoms with van der Waals surface area (Å²) in [5.41, 5.74) is 1.80. The number of carbonyl (C=O) groups excluding carboxylic acids is 3. The molecule has 27 heavy (non-hydrogen) atoms. The topological polar surface area (TPSA) is 93.7 Å². The van der Waals surface area contributed by atoms with E-state index in [9.17, 15) is 14.4 Å². The molecule has 7 heteroatoms. The summed E-state index contributed by atoms with van der Waals surface area (Å²) in [5.74, 6) is -0.448. The van der Waals surface area contributed by atoms with Crippen molar-refractivity contribution >= 4 is 17.9 Å². The van der Waals surface area contributed by atoms with Crippen LogP contribution < -0.4 is 15.4 Å². The maximum atomic E-state index is 11.9. The molecular weight excluding hydrogens is 348 g/mol. The van der Waals surface area contributed by atoms with Gasteiger partial charge in [0, 0.05) is 5.54 Å². The van der Waals surface area contributed by atoms with Gasteiger partial charge < -0.3 is 14.8 Å². The van der Waals surface area contributed by atoms with Crippen LogP contribution in [0.1, 0.15) is 58.6 Å². The lowest BCUT2D eigenvalue weighted by molar-refractivity contribution is -0.156. The predicted molar refractivity (Wildman–Crippen MR) is 103 cm³/mol. The number of nitrogens with one attached hydrogen (secondary N) is 2. The fraction of sp³-hybridized carbons (Fsp3) is 0.550. The minimum Gasteiger partial charge on any atom is -0.482 e. The van der Waals surface area contributed by atoms with Gasteiger partial charge in [-0.05, 0) is 63.8 Å². The fourth-order valence-electron chi connectivity index (χ4n) is 2.40. The van der Waals surface area contributed by atoms with E-state index >= 15 is 0 Å². The smallest absolute Gasteiger partial charge is 0.344 e. The van der Waals surface area contributed by atoms with Gasteiger partial charge in [0.2, 0.25) is 0 Å². The lowest BCUT2D eigenvalue weighted by Gasteiger charge is -2.21. The van der Waals surface area contributed by atoms with Gasteiger partial charge in [0.15, 0.2) is 12.7 Å². The second-order valence-electron chi connectivity index (χ2n) is 7.79. The van der Waals surface area contributed by atoms with Gasteiger partial charge >= 0.3 is 12.0 Å². The SMILES string of the molecule is Cc1cc(OCC(=O)OC(C)C(=O)NC(=O)NC(C)(C)C)ccc1C(C)C. The zero-order valence-corrected chi connectivity index (χ0v) is 17.1. The molecule has 1 unspecified atom stereocenters. The van der Waals surface area contributed by atoms with Crippen LogP contribution in [0.5, 0.6) is 5.75 Å². The van der Waals surface area contributed by atoms with Gasteiger partial charge in [-0.25, -0.2) is 9.59 Å². The summed E-state index contributed by atoms with van der Waals surface area (Å²) < 4.78 is 10.4. The first-order chi connectivity index (χ1) is 12.4. The molecule has 0 saturated carbocycles. The second-order valence-corrected chi connectivity index (χ2v) is 7.79. The Hall–Kier alpha value is -2.57. The van der Waals surface area contributed by atoms with Crippen LogP contribution in [0.3, 0.4) is 0 Å². The molecule has 0 bridgehead atoms. The van der Waals surface area contributed by atoms with E-state index < -0.39 is 29.6 Å². The number of hydrogen-bond acceptors (Lipinski definition) is 5. The highest BCUT2D eigenvalue weighted by Crippen LogP contribution is 2.23. The van der Waals surface area contributed by atoms with E-state index in [1.54, 1.807) is 26.8 Å². The molecule has 1 atom stereocenters. The Kier molecular flexibility index (Phi) is 7.82. The number of aryl methyl sites for hydroxylation is 1. The van der Waals surface area contributed by atoms with Gasteiger partial charge in [-0.1, -0.05) is 19.9 Å². The van der Waals surface area contributed by atoms with Crippen LogP contribution in [-0.2, 0) is 14.3 Å². The standard InChI is InChI=1S/C20H30N2O5/c1-12(2)16-9-8-15(10-13(16)3)26-11-17(23)27-14(4)18(24)21-19(25)22-20(5,6)7/h8-10,12,14H,11H2,1-7H3,(H2,21,22,24,25). The lowest BCUT2D eigenvalue weighted by atomic mass is 9.98. The molecule has 0 radical (unpaired) electrons. The van der Waals surface area contributed by atoms with Crippen LogP contribution in [-0.4, -0.2) is 36.2 Å². The average Bonchev–Trinajstić information content (AvgIpc) is 2.50. The van der Waals surface area contributed by atoms with E-state index in [2.05, 4.69) is 24.5 Å². The van der Waals surface area contributed by atoms with Crippen LogP contribution in [0.25, 0.3) is 0 Å². The number of urea groups is 1. The Morgan fingerprint density at radius 1 is 1.11 bits per heavy atom. The number of ether oxygens (including phenoxy) is 2. The first kappa shape index (κ1) is 22.5. The van der Waals surface area contributed by atoms with Crippen LogP contribution >= 0.6 is 0 Å². The minimum absolute atomic E-state index is 0.327. The minimum atomic E-state index is -1.11. The van der Waals surface area contributed by atoms with Gasteiger partial charge in [0.1, 0.15) is 5.75 Å². The highest BCUT2D eigenvalue weighted by molar-refractivity contribution is 5.97. The van der Waals surface area contributed by atoms with E-state index in [4.69, 9.17) is 9.47 Å². The van der Waals surface area contributed by atoms with E-state index in [1.807, 2.05) is 19.1 Å². The second kappa shape index (κ2) is 9.39. The molecule has 0 aliphatic carbocycles. The molecule has 2 N–H and O–H groups in total. The van der Waals surface area contributed by atoms with Crippen molar-refractivity contribution in [2.75, 3.05) is 6.61 Å². The Bertz CT molecular complexity index is 692. The molecule has 1 aromatic rings. The predicted octanol–water partition coefficient (Wildman–Crippen LogP) is 3.05. The summed E-state index contributed by atoms with van der Waals surface area (Å²) >= 11 is 0. The van der Waals surface area contributed by atoms with Crippen LogP contribution in [0.2, 0.25) is 0 Å². The highest BCUT2D eigenvalue weighted by atomic mass is 16.6. The molecular formula is C20H30N2O5. The zero-order chi connectivity index (χ0) is 20.8. The average molecular weight is 378 g/mol. The van der Waals surface area contributed by atoms with Gasteiger partial charge in [-0.2, -0.15) is 0 Å². The third-order valence-corrected chi connectivity index (χ3v) is 3.62. The lowest BCUT2D eigenvalue weighted by Crippen LogP contribution is -2.50. The molecule has 150 valence electrons. The van der Waals surface area contributed by atoms with E-state index in [1.165, 1.54) is 12.5 Å². The van der Waals surface area contributed by atoms with E-state index in [0.717, 1.165) is 5.56 Å². The van der Waals surface area contributed by atoms with Crippen molar-refractivity contribution in [3.8, 4) is 5.75 Å². The molecule has 0 saturated heterocycles. The van der Waals surface area contributed by atoms with Gasteiger partial charge in [0.05, 0.1) is 0 Å². The summed E-state index contributed by atoms with van der Waals surface area (Å²) in [7, 11) is 0. The van der Waals surface area contributed by atoms with Crippen molar-refractivity contribution in [2.45, 2.75) is 66.0 Å². The third-order valence-electron chi connectivity index (χ3n) is 3.62. The highest BCUT2D eigenvalue weighted by Gasteiger charge is 2.22. The molecule has 0 aliphatic heterocycles. The molecule has 0 fully saturated rings. The third kappa shape index (κ3) is 8.11. The Balaban J connectivity index is 2.48. The van der Waals surface area contributed by atoms with Crippen molar-refractivity contribution in [2.24, 2.45) is 0 Å². The van der Waals surface area contributed by atoms with Gasteiger partial charge in [-0.3, -0.25) is 10.1 Å². The summed E-state index contributed by atoms with van der Waals surface area (Å²) in [4.78, 5) is 35.5. The van der Waals surface area contributed by atoms with Crippen LogP contribution in [0.4, 0.5) is 4.79 Å². The molecule has 1 rings (SSSR count). The molecule has 0 heterocycles. The van der Waals surface area contributed by atoms with E-state index in [-0.39, 0.29) is 6.61 Å². The fourth-order valence-corrected chi connectivity index (χ4v) is 2.40. The molecule has 3 amide bonds. The van der Waals surface area contributed by atoms with Crippen LogP contribution in [0, 0.1) is 6.92 Å². The number of hydrogen-bond donors (Lipinski definition) is 2. The number of imide groups is 1. The number of benzene rings is 1. The molecule has 1 aromatic carbocycles. The summed E-state index contributed by atoms with van der Waals surface area (Å²) in [6.45, 7) is 12.6. The number of carbonyl (C=O) groups is 3. The first-order valence-electron chi connectivity index (χ1n) is 8.95. The Morgan fingerprint density at radius 3 is 2.26 bits per heavy atom. The van der Waals surface area contributed by atoms with Crippen LogP contribution in [0.15, 0.2) is 18.2 Å². The number of amides is 3. The first-order valence-corrected chi connectivity index (χ1v) is 8.95. The van der Waals surface area contributed by atoms with Crippen molar-refractivity contribution < 1.29 is 23.9 Å². The zero-order valence-electron chi connectivity index (χ0n) is 17.1. The van der Waals surface area contributed by atoms with Crippen molar-refractivity contribution in [1.29, 1.82) is 0 Å². The normalized spacial score (nSPS) is 12.3. The monoisotopic (exact) mass is 378 g/mol. The molecule has 0 spiro atoms. The number of esters is 1. The van der Waals surface area contributed by atoms with Gasteiger partial charge in [0.25, 0.3) is 5.91 Å². The molecule has 0 aliphatic rings. The summed E-state index contributed by atoms with van der Waals surface area (Å²) in [6, 6.07) is 4.97. The summed E-state index contributed by atoms with van der Waals surface area (Å²) in [6.07, 6.45) is -1.11. The van der Waals surface area contributed by atoms with Crippen molar-refractivity contribution in [1.82, 2.24) is 10.6 Å². The quantitative estimate of drug-likeness (QED) is 0.742. The van der Waals surface area contributed by atoms with Gasteiger partial charge in [-0.15, -0.1) is 0 Å². The van der Waals surface area contributed by atoms with Crippen molar-refractivity contribution in [3.63, 3.8) is 0 Å². The summed E-state index contributed by atoms with van der Waals surface area (Å²) in [5, 5.41) is 4.72.